The second-order valence-electron chi connectivity index (χ2n) is 4.33. The van der Waals surface area contributed by atoms with E-state index in [0.29, 0.717) is 0 Å². The van der Waals surface area contributed by atoms with E-state index in [1.54, 1.807) is 0 Å². The maximum atomic E-state index is 11.2. The molecule has 1 heterocycles. The maximum Gasteiger partial charge on any atom is 0.311 e. The normalized spacial score (nSPS) is 10.2. The molecule has 2 rings (SSSR count). The fraction of sp³-hybridized carbons (Fsp3) is 0.231. The molecule has 2 aromatic rings. The van der Waals surface area contributed by atoms with Gasteiger partial charge in [-0.15, -0.1) is 0 Å². The van der Waals surface area contributed by atoms with Crippen LogP contribution in [0.5, 0.6) is 17.2 Å². The van der Waals surface area contributed by atoms with Gasteiger partial charge >= 0.3 is 5.69 Å². The molecule has 1 aromatic carbocycles. The molecule has 0 bridgehead atoms. The van der Waals surface area contributed by atoms with Crippen LogP contribution in [0.1, 0.15) is 0 Å². The van der Waals surface area contributed by atoms with Crippen LogP contribution in [0.25, 0.3) is 11.3 Å². The van der Waals surface area contributed by atoms with Crippen molar-refractivity contribution in [1.82, 2.24) is 9.97 Å². The summed E-state index contributed by atoms with van der Waals surface area (Å²) in [4.78, 5) is 18.5. The minimum atomic E-state index is -0.581. The highest BCUT2D eigenvalue weighted by molar-refractivity contribution is 5.80. The van der Waals surface area contributed by atoms with Gasteiger partial charge in [-0.2, -0.15) is 4.98 Å². The Kier molecular flexibility index (Phi) is 4.35. The SMILES string of the molecule is COc1cc(OC)c([N+](=O)[O-])cc1-c1nc(N)nc(N)c1OC. The third-order valence-corrected chi connectivity index (χ3v) is 3.07. The molecule has 122 valence electrons. The van der Waals surface area contributed by atoms with Crippen molar-refractivity contribution < 1.29 is 19.1 Å². The molecule has 0 aliphatic heterocycles. The summed E-state index contributed by atoms with van der Waals surface area (Å²) in [5.74, 6) is 0.374. The number of hydrogen-bond donors (Lipinski definition) is 2. The summed E-state index contributed by atoms with van der Waals surface area (Å²) in [6, 6.07) is 2.63. The molecule has 0 fully saturated rings. The summed E-state index contributed by atoms with van der Waals surface area (Å²) in [5.41, 5.74) is 11.6. The lowest BCUT2D eigenvalue weighted by Gasteiger charge is -2.14. The maximum absolute atomic E-state index is 11.2. The molecule has 23 heavy (non-hydrogen) atoms. The van der Waals surface area contributed by atoms with Crippen molar-refractivity contribution in [2.75, 3.05) is 32.8 Å². The molecule has 0 aliphatic carbocycles. The molecule has 10 nitrogen and oxygen atoms in total. The van der Waals surface area contributed by atoms with E-state index < -0.39 is 4.92 Å². The van der Waals surface area contributed by atoms with Gasteiger partial charge in [0.05, 0.1) is 31.8 Å². The Morgan fingerprint density at radius 3 is 2.22 bits per heavy atom. The number of methoxy groups -OCH3 is 3. The number of hydrogen-bond acceptors (Lipinski definition) is 9. The number of ether oxygens (including phenoxy) is 3. The first-order chi connectivity index (χ1) is 10.9. The third kappa shape index (κ3) is 2.86. The molecule has 4 N–H and O–H groups in total. The van der Waals surface area contributed by atoms with Crippen LogP contribution in [-0.2, 0) is 0 Å². The second-order valence-corrected chi connectivity index (χ2v) is 4.33. The van der Waals surface area contributed by atoms with Gasteiger partial charge in [0.25, 0.3) is 0 Å². The van der Waals surface area contributed by atoms with Crippen LogP contribution >= 0.6 is 0 Å². The van der Waals surface area contributed by atoms with Gasteiger partial charge in [0.2, 0.25) is 11.7 Å². The van der Waals surface area contributed by atoms with Gasteiger partial charge in [-0.05, 0) is 0 Å². The summed E-state index contributed by atoms with van der Waals surface area (Å²) >= 11 is 0. The summed E-state index contributed by atoms with van der Waals surface area (Å²) < 4.78 is 15.4. The second kappa shape index (κ2) is 6.22. The van der Waals surface area contributed by atoms with Crippen LogP contribution < -0.4 is 25.7 Å². The molecule has 0 saturated carbocycles. The van der Waals surface area contributed by atoms with E-state index in [2.05, 4.69) is 9.97 Å². The van der Waals surface area contributed by atoms with E-state index in [0.717, 1.165) is 0 Å². The monoisotopic (exact) mass is 321 g/mol. The molecule has 0 aliphatic rings. The summed E-state index contributed by atoms with van der Waals surface area (Å²) in [7, 11) is 4.10. The largest absolute Gasteiger partial charge is 0.496 e. The predicted molar refractivity (Wildman–Crippen MR) is 82.6 cm³/mol. The molecule has 0 atom stereocenters. The zero-order valence-corrected chi connectivity index (χ0v) is 12.7. The molecule has 0 spiro atoms. The molecule has 10 heteroatoms. The topological polar surface area (TPSA) is 149 Å². The van der Waals surface area contributed by atoms with Crippen molar-refractivity contribution in [3.8, 4) is 28.5 Å². The number of nitrogens with zero attached hydrogens (tertiary/aromatic N) is 3. The lowest BCUT2D eigenvalue weighted by molar-refractivity contribution is -0.385. The van der Waals surface area contributed by atoms with Gasteiger partial charge < -0.3 is 25.7 Å². The summed E-state index contributed by atoms with van der Waals surface area (Å²) in [6.07, 6.45) is 0. The molecule has 0 amide bonds. The summed E-state index contributed by atoms with van der Waals surface area (Å²) in [6.45, 7) is 0. The Hall–Kier alpha value is -3.30. The number of nitro benzene ring substituents is 1. The first-order valence-electron chi connectivity index (χ1n) is 6.30. The minimum Gasteiger partial charge on any atom is -0.496 e. The van der Waals surface area contributed by atoms with Crippen LogP contribution in [0.3, 0.4) is 0 Å². The minimum absolute atomic E-state index is 0.00974. The van der Waals surface area contributed by atoms with Crippen molar-refractivity contribution in [3.63, 3.8) is 0 Å². The average molecular weight is 321 g/mol. The number of benzene rings is 1. The third-order valence-electron chi connectivity index (χ3n) is 3.07. The molecule has 0 unspecified atom stereocenters. The zero-order valence-electron chi connectivity index (χ0n) is 12.7. The number of nitro groups is 1. The van der Waals surface area contributed by atoms with Crippen molar-refractivity contribution in [3.05, 3.63) is 22.2 Å². The number of anilines is 2. The number of rotatable bonds is 5. The van der Waals surface area contributed by atoms with E-state index in [1.165, 1.54) is 33.5 Å². The van der Waals surface area contributed by atoms with E-state index in [4.69, 9.17) is 25.7 Å². The fourth-order valence-corrected chi connectivity index (χ4v) is 2.08. The van der Waals surface area contributed by atoms with Gasteiger partial charge in [0.15, 0.2) is 11.6 Å². The Morgan fingerprint density at radius 2 is 1.70 bits per heavy atom. The number of nitrogen functional groups attached to an aromatic ring is 2. The fourth-order valence-electron chi connectivity index (χ4n) is 2.08. The van der Waals surface area contributed by atoms with Crippen LogP contribution in [0, 0.1) is 10.1 Å². The standard InChI is InChI=1S/C13H15N5O5/c1-21-8-5-9(22-2)7(18(19)20)4-6(8)10-11(23-3)12(14)17-13(15)16-10/h4-5H,1-3H3,(H4,14,15,16,17). The van der Waals surface area contributed by atoms with Crippen molar-refractivity contribution in [1.29, 1.82) is 0 Å². The number of aromatic nitrogens is 2. The molecular formula is C13H15N5O5. The van der Waals surface area contributed by atoms with E-state index in [1.807, 2.05) is 0 Å². The smallest absolute Gasteiger partial charge is 0.311 e. The predicted octanol–water partition coefficient (Wildman–Crippen LogP) is 1.24. The van der Waals surface area contributed by atoms with E-state index in [-0.39, 0.29) is 46.0 Å². The quantitative estimate of drug-likeness (QED) is 0.612. The molecule has 1 aromatic heterocycles. The Balaban J connectivity index is 2.82. The first kappa shape index (κ1) is 16.1. The van der Waals surface area contributed by atoms with Gasteiger partial charge in [-0.1, -0.05) is 0 Å². The van der Waals surface area contributed by atoms with Crippen molar-refractivity contribution in [2.45, 2.75) is 0 Å². The average Bonchev–Trinajstić information content (AvgIpc) is 2.52. The highest BCUT2D eigenvalue weighted by atomic mass is 16.6. The van der Waals surface area contributed by atoms with Crippen LogP contribution in [0.15, 0.2) is 12.1 Å². The van der Waals surface area contributed by atoms with Gasteiger partial charge in [-0.3, -0.25) is 10.1 Å². The number of nitrogens with two attached hydrogens (primary N) is 2. The molecular weight excluding hydrogens is 306 g/mol. The lowest BCUT2D eigenvalue weighted by atomic mass is 10.1. The van der Waals surface area contributed by atoms with Crippen molar-refractivity contribution in [2.24, 2.45) is 0 Å². The zero-order chi connectivity index (χ0) is 17.1. The Bertz CT molecular complexity index is 765. The van der Waals surface area contributed by atoms with Crippen LogP contribution in [0.2, 0.25) is 0 Å². The van der Waals surface area contributed by atoms with E-state index >= 15 is 0 Å². The summed E-state index contributed by atoms with van der Waals surface area (Å²) in [5, 5.41) is 11.2. The van der Waals surface area contributed by atoms with E-state index in [9.17, 15) is 10.1 Å². The van der Waals surface area contributed by atoms with Crippen LogP contribution in [-0.4, -0.2) is 36.2 Å². The molecule has 0 saturated heterocycles. The van der Waals surface area contributed by atoms with Gasteiger partial charge in [0.1, 0.15) is 11.4 Å². The molecule has 0 radical (unpaired) electrons. The Labute approximate surface area is 131 Å². The lowest BCUT2D eigenvalue weighted by Crippen LogP contribution is -2.06. The van der Waals surface area contributed by atoms with Gasteiger partial charge in [-0.25, -0.2) is 4.98 Å². The first-order valence-corrected chi connectivity index (χ1v) is 6.30. The van der Waals surface area contributed by atoms with Crippen molar-refractivity contribution >= 4 is 17.5 Å². The van der Waals surface area contributed by atoms with Gasteiger partial charge in [0, 0.05) is 12.1 Å². The highest BCUT2D eigenvalue weighted by Crippen LogP contribution is 2.43. The van der Waals surface area contributed by atoms with Crippen LogP contribution in [0.4, 0.5) is 17.5 Å². The highest BCUT2D eigenvalue weighted by Gasteiger charge is 2.24. The Morgan fingerprint density at radius 1 is 1.04 bits per heavy atom.